The fourth-order valence-corrected chi connectivity index (χ4v) is 14.5. The Kier molecular flexibility index (Phi) is 27.4. The number of amides is 7. The van der Waals surface area contributed by atoms with Crippen molar-refractivity contribution < 1.29 is 28.8 Å². The molecule has 0 aromatic heterocycles. The van der Waals surface area contributed by atoms with Gasteiger partial charge in [-0.2, -0.15) is 0 Å². The minimum Gasteiger partial charge on any atom is -0.353 e. The van der Waals surface area contributed by atoms with Crippen LogP contribution in [0, 0.1) is 71.0 Å². The highest BCUT2D eigenvalue weighted by Crippen LogP contribution is 2.60. The third-order valence-corrected chi connectivity index (χ3v) is 17.7. The Morgan fingerprint density at radius 2 is 0.681 bits per heavy atom. The number of carbonyl (C=O) groups is 6. The number of nitrogens with one attached hydrogen (secondary N) is 3. The van der Waals surface area contributed by atoms with Gasteiger partial charge in [-0.15, -0.1) is 0 Å². The van der Waals surface area contributed by atoms with Crippen LogP contribution in [0.25, 0.3) is 0 Å². The van der Waals surface area contributed by atoms with E-state index < -0.39 is 0 Å². The highest BCUT2D eigenvalue weighted by Gasteiger charge is 2.50. The van der Waals surface area contributed by atoms with Gasteiger partial charge in [0.2, 0.25) is 5.91 Å². The van der Waals surface area contributed by atoms with Gasteiger partial charge in [-0.05, 0) is 242 Å². The van der Waals surface area contributed by atoms with Crippen LogP contribution < -0.4 is 16.0 Å². The molecule has 9 aliphatic carbocycles. The normalized spacial score (nSPS) is 29.2. The highest BCUT2D eigenvalue weighted by molar-refractivity contribution is 6.03. The first-order valence-corrected chi connectivity index (χ1v) is 28.9. The van der Waals surface area contributed by atoms with Gasteiger partial charge in [0.25, 0.3) is 11.8 Å². The molecule has 0 spiro atoms. The summed E-state index contributed by atoms with van der Waals surface area (Å²) in [5.74, 6) is 13.9. The van der Waals surface area contributed by atoms with E-state index in [-0.39, 0.29) is 35.6 Å². The molecule has 0 radical (unpaired) electrons. The van der Waals surface area contributed by atoms with Crippen molar-refractivity contribution in [2.75, 3.05) is 32.7 Å². The summed E-state index contributed by atoms with van der Waals surface area (Å²) in [6, 6.07) is -0.726. The molecule has 11 nitrogen and oxygen atoms in total. The molecule has 11 heteroatoms. The smallest absolute Gasteiger partial charge is 0.324 e. The summed E-state index contributed by atoms with van der Waals surface area (Å²) >= 11 is 0. The molecule has 0 aromatic rings. The number of fused-ring (bicyclic) bond motifs is 15. The van der Waals surface area contributed by atoms with E-state index in [1.807, 2.05) is 13.8 Å². The van der Waals surface area contributed by atoms with Crippen molar-refractivity contribution in [3.8, 4) is 0 Å². The molecule has 0 heterocycles. The third-order valence-electron chi connectivity index (χ3n) is 17.7. The molecule has 9 rings (SSSR count). The average molecular weight is 1000 g/mol. The Morgan fingerprint density at radius 1 is 0.403 bits per heavy atom. The first-order chi connectivity index (χ1) is 34.3. The van der Waals surface area contributed by atoms with Gasteiger partial charge in [0.05, 0.1) is 0 Å². The number of imide groups is 2. The van der Waals surface area contributed by atoms with Crippen LogP contribution in [0.2, 0.25) is 0 Å². The Labute approximate surface area is 438 Å². The SMILES string of the molecule is C1CC2C3CCC(C3)C2C1.C1CC2C3CCC(C3)C2C1.C1CC2C3CCC(C3)C2C1.C=C(C)C(=O)CCC.C=C(C)C(=O)N(CC)C(=O)NCC.C=C(C)C(=O)N(CC)C(=O)NCC.C=C(C)C(=O)NCC. The molecule has 9 aliphatic rings. The summed E-state index contributed by atoms with van der Waals surface area (Å²) in [6.45, 7) is 34.0. The monoisotopic (exact) mass is 1000 g/mol. The number of Topliss-reactive ketones (excluding diaryl/α,β-unsaturated/α-hetero) is 1. The van der Waals surface area contributed by atoms with Crippen LogP contribution in [0.4, 0.5) is 9.59 Å². The van der Waals surface area contributed by atoms with Crippen LogP contribution in [0.3, 0.4) is 0 Å². The zero-order valence-electron chi connectivity index (χ0n) is 47.3. The Balaban J connectivity index is 0.000000223. The molecule has 9 fully saturated rings. The second kappa shape index (κ2) is 31.7. The van der Waals surface area contributed by atoms with E-state index in [0.29, 0.717) is 61.4 Å². The lowest BCUT2D eigenvalue weighted by molar-refractivity contribution is -0.125. The standard InChI is InChI=1S/3C10H16.2C9H16N2O2.C7H12O.C6H11NO/c3*1-2-9-7-4-5-8(6-7)10(9)3-1;2*1-5-10-9(13)11(6-2)8(12)7(3)4;1-4-5-7(8)6(2)3;1-4-7-6(8)5(2)3/h3*7-10H,1-6H2;2*3,5-6H2,1-2,4H3,(H,10,13);2,4-5H2,1,3H3;2,4H2,1,3H3,(H,7,8). The fourth-order valence-electron chi connectivity index (χ4n) is 14.5. The second-order valence-electron chi connectivity index (χ2n) is 22.7. The lowest BCUT2D eigenvalue weighted by atomic mass is 9.82. The van der Waals surface area contributed by atoms with Gasteiger partial charge in [0, 0.05) is 55.9 Å². The Bertz CT molecular complexity index is 1630. The molecule has 12 unspecified atom stereocenters. The van der Waals surface area contributed by atoms with Crippen molar-refractivity contribution in [3.63, 3.8) is 0 Å². The maximum Gasteiger partial charge on any atom is 0.324 e. The maximum absolute atomic E-state index is 11.4. The molecule has 0 aliphatic heterocycles. The molecule has 7 amide bonds. The molecule has 6 bridgehead atoms. The highest BCUT2D eigenvalue weighted by atomic mass is 16.2. The molecular weight excluding hydrogens is 899 g/mol. The minimum absolute atomic E-state index is 0.0625. The molecule has 12 atom stereocenters. The van der Waals surface area contributed by atoms with Crippen LogP contribution in [-0.2, 0) is 19.2 Å². The van der Waals surface area contributed by atoms with Crippen molar-refractivity contribution in [2.45, 2.75) is 198 Å². The number of rotatable bonds is 11. The summed E-state index contributed by atoms with van der Waals surface area (Å²) < 4.78 is 0. The number of allylic oxidation sites excluding steroid dienone is 1. The number of hydrogen-bond acceptors (Lipinski definition) is 6. The fraction of sp³-hybridized carbons (Fsp3) is 0.770. The van der Waals surface area contributed by atoms with Crippen molar-refractivity contribution in [2.24, 2.45) is 71.0 Å². The van der Waals surface area contributed by atoms with E-state index >= 15 is 0 Å². The third kappa shape index (κ3) is 17.8. The molecule has 72 heavy (non-hydrogen) atoms. The summed E-state index contributed by atoms with van der Waals surface area (Å²) in [6.07, 6.45) is 30.2. The first kappa shape index (κ1) is 62.3. The van der Waals surface area contributed by atoms with Crippen LogP contribution in [0.5, 0.6) is 0 Å². The summed E-state index contributed by atoms with van der Waals surface area (Å²) in [4.78, 5) is 68.7. The molecule has 3 N–H and O–H groups in total. The van der Waals surface area contributed by atoms with E-state index in [4.69, 9.17) is 0 Å². The van der Waals surface area contributed by atoms with Gasteiger partial charge in [-0.3, -0.25) is 29.0 Å². The molecule has 0 aromatic carbocycles. The predicted molar refractivity (Wildman–Crippen MR) is 296 cm³/mol. The van der Waals surface area contributed by atoms with Crippen LogP contribution in [0.15, 0.2) is 48.6 Å². The Hall–Kier alpha value is -4.02. The number of likely N-dealkylation sites (N-methyl/N-ethyl adjacent to an activating group) is 3. The van der Waals surface area contributed by atoms with Gasteiger partial charge in [0.1, 0.15) is 0 Å². The van der Waals surface area contributed by atoms with E-state index in [2.05, 4.69) is 42.3 Å². The lowest BCUT2D eigenvalue weighted by Gasteiger charge is -2.23. The lowest BCUT2D eigenvalue weighted by Crippen LogP contribution is -2.43. The van der Waals surface area contributed by atoms with Gasteiger partial charge < -0.3 is 16.0 Å². The summed E-state index contributed by atoms with van der Waals surface area (Å²) in [7, 11) is 0. The first-order valence-electron chi connectivity index (χ1n) is 28.9. The quantitative estimate of drug-likeness (QED) is 0.176. The topological polar surface area (TPSA) is 145 Å². The number of urea groups is 2. The number of nitrogens with zero attached hydrogens (tertiary/aromatic N) is 2. The zero-order valence-corrected chi connectivity index (χ0v) is 47.3. The van der Waals surface area contributed by atoms with Crippen LogP contribution >= 0.6 is 0 Å². The minimum atomic E-state index is -0.363. The molecule has 9 saturated carbocycles. The predicted octanol–water partition coefficient (Wildman–Crippen LogP) is 13.4. The van der Waals surface area contributed by atoms with Gasteiger partial charge >= 0.3 is 12.1 Å². The molecule has 408 valence electrons. The number of ketones is 1. The largest absolute Gasteiger partial charge is 0.353 e. The number of carbonyl (C=O) groups excluding carboxylic acids is 6. The van der Waals surface area contributed by atoms with E-state index in [1.54, 1.807) is 171 Å². The average Bonchev–Trinajstić information content (AvgIpc) is 4.20. The van der Waals surface area contributed by atoms with Crippen LogP contribution in [-0.4, -0.2) is 78.1 Å². The van der Waals surface area contributed by atoms with Gasteiger partial charge in [-0.1, -0.05) is 52.5 Å². The van der Waals surface area contributed by atoms with Gasteiger partial charge in [-0.25, -0.2) is 9.59 Å². The molecule has 0 saturated heterocycles. The van der Waals surface area contributed by atoms with E-state index in [0.717, 1.165) is 16.2 Å². The zero-order chi connectivity index (χ0) is 53.7. The van der Waals surface area contributed by atoms with E-state index in [1.165, 1.54) is 71.0 Å². The van der Waals surface area contributed by atoms with Crippen molar-refractivity contribution in [1.29, 1.82) is 0 Å². The maximum atomic E-state index is 11.4. The summed E-state index contributed by atoms with van der Waals surface area (Å²) in [5.41, 5.74) is 1.97. The molecular formula is C61H103N5O6. The van der Waals surface area contributed by atoms with Crippen LogP contribution in [0.1, 0.15) is 198 Å². The number of hydrogen-bond donors (Lipinski definition) is 3. The summed E-state index contributed by atoms with van der Waals surface area (Å²) in [5, 5.41) is 7.72. The van der Waals surface area contributed by atoms with Crippen molar-refractivity contribution in [1.82, 2.24) is 25.8 Å². The second-order valence-corrected chi connectivity index (χ2v) is 22.7. The Morgan fingerprint density at radius 3 is 0.847 bits per heavy atom. The van der Waals surface area contributed by atoms with E-state index in [9.17, 15) is 28.8 Å². The van der Waals surface area contributed by atoms with Crippen molar-refractivity contribution in [3.05, 3.63) is 48.6 Å². The van der Waals surface area contributed by atoms with Gasteiger partial charge in [0.15, 0.2) is 5.78 Å². The van der Waals surface area contributed by atoms with Crippen molar-refractivity contribution >= 4 is 35.6 Å².